The van der Waals surface area contributed by atoms with Crippen molar-refractivity contribution >= 4 is 10.1 Å². The topological polar surface area (TPSA) is 123 Å². The van der Waals surface area contributed by atoms with Gasteiger partial charge in [-0.15, -0.1) is 0 Å². The molecule has 1 aromatic carbocycles. The number of rotatable bonds is 5. The highest BCUT2D eigenvalue weighted by Gasteiger charge is 2.86. The predicted molar refractivity (Wildman–Crippen MR) is 162 cm³/mol. The van der Waals surface area contributed by atoms with Gasteiger partial charge in [-0.25, -0.2) is 0 Å². The molecule has 1 heterocycles. The number of hydrogen-bond donors (Lipinski definition) is 3. The maximum Gasteiger partial charge on any atom is 0.460 e. The van der Waals surface area contributed by atoms with Crippen molar-refractivity contribution in [1.82, 2.24) is 0 Å². The summed E-state index contributed by atoms with van der Waals surface area (Å²) in [5, 5.41) is 30.2. The third kappa shape index (κ3) is 4.75. The molecule has 294 valence electrons. The second kappa shape index (κ2) is 10.9. The van der Waals surface area contributed by atoms with Gasteiger partial charge in [-0.1, -0.05) is 26.8 Å². The van der Waals surface area contributed by atoms with E-state index in [0.29, 0.717) is 38.0 Å². The minimum atomic E-state index is -7.47. The summed E-state index contributed by atoms with van der Waals surface area (Å²) >= 11 is 0. The molecule has 8 atom stereocenters. The minimum Gasteiger partial charge on any atom is -0.393 e. The van der Waals surface area contributed by atoms with E-state index in [4.69, 9.17) is 9.47 Å². The smallest absolute Gasteiger partial charge is 0.393 e. The molecule has 7 rings (SSSR count). The summed E-state index contributed by atoms with van der Waals surface area (Å²) in [5.41, 5.74) is -5.20. The van der Waals surface area contributed by atoms with Crippen molar-refractivity contribution in [2.75, 3.05) is 13.2 Å². The molecule has 1 aromatic rings. The van der Waals surface area contributed by atoms with Crippen molar-refractivity contribution in [3.8, 4) is 5.75 Å². The van der Waals surface area contributed by atoms with Gasteiger partial charge in [0.15, 0.2) is 5.79 Å². The fourth-order valence-electron chi connectivity index (χ4n) is 11.0. The lowest BCUT2D eigenvalue weighted by molar-refractivity contribution is -0.382. The van der Waals surface area contributed by atoms with Crippen molar-refractivity contribution in [3.05, 3.63) is 29.3 Å². The Kier molecular flexibility index (Phi) is 8.06. The summed E-state index contributed by atoms with van der Waals surface area (Å²) < 4.78 is 164. The molecule has 0 radical (unpaired) electrons. The van der Waals surface area contributed by atoms with Gasteiger partial charge in [-0.2, -0.15) is 47.9 Å². The standard InChI is InChI=1S/C34H41F9O8S/c1-25(2)16-49-29(50-17-25)11-10-27-13-18-12-19(51-52(47,48)34(42,43)32(37,38)31(35,36)33(39,40)41)4-5-20(18)23-14-26(3)21(6-7-24(26)44)22(30(23,27)46)8-9-28(27,45)15-29/h4-5,12,21-24,44-46H,6-11,13-17H2,1-3H3/t21-,22-,23?,24-,26-,27+,28+,30-/m0/s1. The lowest BCUT2D eigenvalue weighted by Gasteiger charge is -2.73. The van der Waals surface area contributed by atoms with Crippen LogP contribution in [0.2, 0.25) is 0 Å². The second-order valence-electron chi connectivity index (χ2n) is 17.1. The molecule has 6 aliphatic rings. The highest BCUT2D eigenvalue weighted by molar-refractivity contribution is 7.88. The van der Waals surface area contributed by atoms with E-state index in [2.05, 4.69) is 4.18 Å². The summed E-state index contributed by atoms with van der Waals surface area (Å²) in [4.78, 5) is 0. The van der Waals surface area contributed by atoms with Gasteiger partial charge in [0.25, 0.3) is 0 Å². The van der Waals surface area contributed by atoms with Crippen LogP contribution in [0, 0.1) is 28.1 Å². The monoisotopic (exact) mass is 780 g/mol. The molecule has 2 spiro atoms. The van der Waals surface area contributed by atoms with Crippen molar-refractivity contribution in [2.45, 2.75) is 131 Å². The highest BCUT2D eigenvalue weighted by atomic mass is 32.2. The number of halogens is 9. The van der Waals surface area contributed by atoms with Crippen molar-refractivity contribution in [3.63, 3.8) is 0 Å². The molecule has 5 fully saturated rings. The van der Waals surface area contributed by atoms with E-state index in [-0.39, 0.29) is 55.4 Å². The average Bonchev–Trinajstić information content (AvgIpc) is 3.31. The van der Waals surface area contributed by atoms with E-state index in [1.165, 1.54) is 6.07 Å². The van der Waals surface area contributed by atoms with Crippen LogP contribution < -0.4 is 4.18 Å². The van der Waals surface area contributed by atoms with Gasteiger partial charge in [-0.3, -0.25) is 0 Å². The Bertz CT molecular complexity index is 1740. The summed E-state index contributed by atoms with van der Waals surface area (Å²) in [7, 11) is -7.22. The normalized spacial score (nSPS) is 40.0. The number of fused-ring (bicyclic) bond motifs is 4. The molecular formula is C34H41F9O8S. The summed E-state index contributed by atoms with van der Waals surface area (Å²) in [6.45, 7) is 6.44. The summed E-state index contributed by atoms with van der Waals surface area (Å²) in [6, 6.07) is 2.84. The van der Waals surface area contributed by atoms with Crippen molar-refractivity contribution < 1.29 is 76.9 Å². The maximum atomic E-state index is 14.6. The Hall–Kier alpha value is -1.86. The Morgan fingerprint density at radius 3 is 2.10 bits per heavy atom. The molecule has 3 N–H and O–H groups in total. The molecule has 8 nitrogen and oxygen atoms in total. The van der Waals surface area contributed by atoms with Crippen molar-refractivity contribution in [2.24, 2.45) is 28.1 Å². The van der Waals surface area contributed by atoms with E-state index in [0.717, 1.165) is 12.1 Å². The molecule has 5 aliphatic carbocycles. The number of benzene rings is 1. The van der Waals surface area contributed by atoms with E-state index in [9.17, 15) is 63.3 Å². The molecule has 52 heavy (non-hydrogen) atoms. The first-order valence-electron chi connectivity index (χ1n) is 17.2. The van der Waals surface area contributed by atoms with Gasteiger partial charge >= 0.3 is 33.4 Å². The molecule has 18 heteroatoms. The van der Waals surface area contributed by atoms with Crippen LogP contribution in [0.4, 0.5) is 39.5 Å². The first-order chi connectivity index (χ1) is 23.6. The van der Waals surface area contributed by atoms with Crippen LogP contribution in [-0.2, 0) is 26.0 Å². The summed E-state index contributed by atoms with van der Waals surface area (Å²) in [6.07, 6.45) is -6.12. The molecule has 0 bridgehead atoms. The lowest BCUT2D eigenvalue weighted by atomic mass is 9.35. The number of ether oxygens (including phenoxy) is 2. The fraction of sp³-hybridized carbons (Fsp3) is 0.824. The molecule has 0 amide bonds. The SMILES string of the molecule is CC1(C)COC2(CC[C@@]34Cc5cc(OS(=O)(=O)C(F)(F)C(F)(F)C(F)(F)C(F)(F)F)ccc5C5C[C@]6(C)[C@@H](O)CC[C@H]6[C@H](CC[C@@]3(O)C2)[C@]54O)OC1. The summed E-state index contributed by atoms with van der Waals surface area (Å²) in [5.74, 6) is -18.6. The van der Waals surface area contributed by atoms with E-state index in [1.807, 2.05) is 20.8 Å². The predicted octanol–water partition coefficient (Wildman–Crippen LogP) is 6.45. The third-order valence-electron chi connectivity index (χ3n) is 13.7. The Morgan fingerprint density at radius 2 is 1.48 bits per heavy atom. The molecule has 1 saturated heterocycles. The van der Waals surface area contributed by atoms with Gasteiger partial charge in [0.1, 0.15) is 5.75 Å². The Balaban J connectivity index is 1.31. The van der Waals surface area contributed by atoms with Crippen LogP contribution >= 0.6 is 0 Å². The van der Waals surface area contributed by atoms with Crippen LogP contribution in [0.25, 0.3) is 0 Å². The Morgan fingerprint density at radius 1 is 0.846 bits per heavy atom. The highest BCUT2D eigenvalue weighted by Crippen LogP contribution is 2.75. The van der Waals surface area contributed by atoms with Crippen LogP contribution in [0.5, 0.6) is 5.75 Å². The van der Waals surface area contributed by atoms with Crippen LogP contribution in [-0.4, -0.2) is 83.3 Å². The molecule has 1 unspecified atom stereocenters. The fourth-order valence-corrected chi connectivity index (χ4v) is 11.9. The maximum absolute atomic E-state index is 14.6. The zero-order chi connectivity index (χ0) is 38.6. The van der Waals surface area contributed by atoms with E-state index in [1.54, 1.807) is 0 Å². The van der Waals surface area contributed by atoms with Crippen LogP contribution in [0.1, 0.15) is 89.2 Å². The largest absolute Gasteiger partial charge is 0.460 e. The third-order valence-corrected chi connectivity index (χ3v) is 15.0. The zero-order valence-electron chi connectivity index (χ0n) is 28.5. The average molecular weight is 781 g/mol. The molecule has 0 aromatic heterocycles. The zero-order valence-corrected chi connectivity index (χ0v) is 29.3. The number of hydrogen-bond acceptors (Lipinski definition) is 8. The van der Waals surface area contributed by atoms with Crippen LogP contribution in [0.15, 0.2) is 18.2 Å². The quantitative estimate of drug-likeness (QED) is 0.230. The number of aliphatic hydroxyl groups excluding tert-OH is 1. The van der Waals surface area contributed by atoms with Crippen molar-refractivity contribution in [1.29, 1.82) is 0 Å². The van der Waals surface area contributed by atoms with Gasteiger partial charge in [0.2, 0.25) is 0 Å². The number of alkyl halides is 9. The minimum absolute atomic E-state index is 0.0585. The van der Waals surface area contributed by atoms with E-state index < -0.39 is 84.9 Å². The van der Waals surface area contributed by atoms with Crippen LogP contribution in [0.3, 0.4) is 0 Å². The number of aliphatic hydroxyl groups is 3. The van der Waals surface area contributed by atoms with E-state index >= 15 is 0 Å². The first kappa shape index (κ1) is 38.4. The Labute approximate surface area is 294 Å². The van der Waals surface area contributed by atoms with Gasteiger partial charge < -0.3 is 29.0 Å². The molecular weight excluding hydrogens is 739 g/mol. The first-order valence-corrected chi connectivity index (χ1v) is 18.6. The van der Waals surface area contributed by atoms with Gasteiger partial charge in [-0.05, 0) is 85.5 Å². The molecule has 4 saturated carbocycles. The second-order valence-corrected chi connectivity index (χ2v) is 18.7. The van der Waals surface area contributed by atoms with Gasteiger partial charge in [0.05, 0.1) is 30.5 Å². The lowest BCUT2D eigenvalue weighted by Crippen LogP contribution is -2.78. The molecule has 1 aliphatic heterocycles. The van der Waals surface area contributed by atoms with Gasteiger partial charge in [0, 0.05) is 29.6 Å².